The molecule has 9 nitrogen and oxygen atoms in total. The van der Waals surface area contributed by atoms with Crippen molar-refractivity contribution in [2.75, 3.05) is 51.2 Å². The molecular formula is C19H27N5O4. The van der Waals surface area contributed by atoms with Crippen LogP contribution in [0.3, 0.4) is 0 Å². The fraction of sp³-hybridized carbons (Fsp3) is 0.579. The summed E-state index contributed by atoms with van der Waals surface area (Å²) in [5.74, 6) is 0.611. The fourth-order valence-corrected chi connectivity index (χ4v) is 3.49. The van der Waals surface area contributed by atoms with E-state index in [9.17, 15) is 14.4 Å². The average molecular weight is 389 g/mol. The van der Waals surface area contributed by atoms with E-state index in [-0.39, 0.29) is 18.0 Å². The number of nitrogens with zero attached hydrogens (tertiary/aromatic N) is 4. The van der Waals surface area contributed by atoms with Crippen LogP contribution in [-0.4, -0.2) is 90.0 Å². The molecule has 0 unspecified atom stereocenters. The Hall–Kier alpha value is -2.84. The van der Waals surface area contributed by atoms with Gasteiger partial charge in [-0.1, -0.05) is 0 Å². The minimum atomic E-state index is -0.263. The van der Waals surface area contributed by atoms with E-state index >= 15 is 0 Å². The Morgan fingerprint density at radius 2 is 1.89 bits per heavy atom. The normalized spacial score (nSPS) is 18.0. The van der Waals surface area contributed by atoms with Crippen LogP contribution in [0.25, 0.3) is 0 Å². The van der Waals surface area contributed by atoms with E-state index < -0.39 is 0 Å². The van der Waals surface area contributed by atoms with Gasteiger partial charge < -0.3 is 24.8 Å². The molecule has 0 spiro atoms. The maximum absolute atomic E-state index is 12.7. The highest BCUT2D eigenvalue weighted by Crippen LogP contribution is 2.18. The number of hydrogen-bond donors (Lipinski definition) is 1. The summed E-state index contributed by atoms with van der Waals surface area (Å²) in [6, 6.07) is 3.68. The molecule has 3 amide bonds. The number of anilines is 1. The second-order valence-corrected chi connectivity index (χ2v) is 6.97. The summed E-state index contributed by atoms with van der Waals surface area (Å²) in [6.07, 6.45) is 3.79. The van der Waals surface area contributed by atoms with Gasteiger partial charge in [-0.2, -0.15) is 0 Å². The SMILES string of the molecule is CCOC(=O)N1CCC(Nc2cc(C(=O)N3CCN(C=O)CC3)ccn2)CC1. The molecule has 2 saturated heterocycles. The van der Waals surface area contributed by atoms with Crippen LogP contribution in [0, 0.1) is 0 Å². The number of pyridine rings is 1. The molecule has 0 bridgehead atoms. The second kappa shape index (κ2) is 9.38. The van der Waals surface area contributed by atoms with Crippen molar-refractivity contribution >= 4 is 24.2 Å². The highest BCUT2D eigenvalue weighted by atomic mass is 16.6. The molecule has 152 valence electrons. The summed E-state index contributed by atoms with van der Waals surface area (Å²) in [5, 5.41) is 3.37. The third kappa shape index (κ3) is 4.90. The molecule has 0 aliphatic carbocycles. The predicted molar refractivity (Wildman–Crippen MR) is 103 cm³/mol. The molecule has 0 radical (unpaired) electrons. The third-order valence-electron chi connectivity index (χ3n) is 5.13. The summed E-state index contributed by atoms with van der Waals surface area (Å²) in [5.41, 5.74) is 0.584. The molecule has 3 heterocycles. The monoisotopic (exact) mass is 389 g/mol. The Balaban J connectivity index is 1.53. The molecule has 0 atom stereocenters. The van der Waals surface area contributed by atoms with Crippen LogP contribution in [0.1, 0.15) is 30.1 Å². The molecule has 9 heteroatoms. The van der Waals surface area contributed by atoms with Crippen LogP contribution in [0.5, 0.6) is 0 Å². The summed E-state index contributed by atoms with van der Waals surface area (Å²) in [7, 11) is 0. The Morgan fingerprint density at radius 1 is 1.18 bits per heavy atom. The van der Waals surface area contributed by atoms with Crippen molar-refractivity contribution in [2.45, 2.75) is 25.8 Å². The van der Waals surface area contributed by atoms with Gasteiger partial charge >= 0.3 is 6.09 Å². The van der Waals surface area contributed by atoms with Gasteiger partial charge in [0.2, 0.25) is 6.41 Å². The number of likely N-dealkylation sites (tertiary alicyclic amines) is 1. The van der Waals surface area contributed by atoms with E-state index in [0.29, 0.717) is 57.3 Å². The van der Waals surface area contributed by atoms with Crippen molar-refractivity contribution in [1.82, 2.24) is 19.7 Å². The van der Waals surface area contributed by atoms with E-state index in [1.807, 2.05) is 0 Å². The Kier molecular flexibility index (Phi) is 6.67. The average Bonchev–Trinajstić information content (AvgIpc) is 2.74. The molecular weight excluding hydrogens is 362 g/mol. The van der Waals surface area contributed by atoms with Gasteiger partial charge in [0.1, 0.15) is 5.82 Å². The van der Waals surface area contributed by atoms with Gasteiger partial charge in [-0.25, -0.2) is 9.78 Å². The predicted octanol–water partition coefficient (Wildman–Crippen LogP) is 1.03. The first kappa shape index (κ1) is 19.9. The lowest BCUT2D eigenvalue weighted by atomic mass is 10.1. The molecule has 1 aromatic rings. The van der Waals surface area contributed by atoms with Crippen molar-refractivity contribution < 1.29 is 19.1 Å². The topological polar surface area (TPSA) is 95.1 Å². The maximum atomic E-state index is 12.7. The summed E-state index contributed by atoms with van der Waals surface area (Å²) in [4.78, 5) is 44.8. The second-order valence-electron chi connectivity index (χ2n) is 6.97. The van der Waals surface area contributed by atoms with Crippen LogP contribution in [0.15, 0.2) is 18.3 Å². The van der Waals surface area contributed by atoms with Gasteiger partial charge in [-0.05, 0) is 31.9 Å². The zero-order valence-electron chi connectivity index (χ0n) is 16.2. The Bertz CT molecular complexity index is 697. The number of carbonyl (C=O) groups excluding carboxylic acids is 3. The number of piperidine rings is 1. The zero-order chi connectivity index (χ0) is 19.9. The van der Waals surface area contributed by atoms with Gasteiger partial charge in [0.25, 0.3) is 5.91 Å². The number of aromatic nitrogens is 1. The number of amides is 3. The van der Waals surface area contributed by atoms with Crippen LogP contribution in [-0.2, 0) is 9.53 Å². The van der Waals surface area contributed by atoms with Gasteiger partial charge in [0.15, 0.2) is 0 Å². The summed E-state index contributed by atoms with van der Waals surface area (Å²) in [6.45, 7) is 5.64. The van der Waals surface area contributed by atoms with Crippen molar-refractivity contribution in [3.8, 4) is 0 Å². The first-order valence-corrected chi connectivity index (χ1v) is 9.73. The zero-order valence-corrected chi connectivity index (χ0v) is 16.2. The van der Waals surface area contributed by atoms with Crippen molar-refractivity contribution in [1.29, 1.82) is 0 Å². The molecule has 1 aromatic heterocycles. The quantitative estimate of drug-likeness (QED) is 0.756. The number of ether oxygens (including phenoxy) is 1. The number of carbonyl (C=O) groups is 3. The summed E-state index contributed by atoms with van der Waals surface area (Å²) >= 11 is 0. The molecule has 0 saturated carbocycles. The number of nitrogens with one attached hydrogen (secondary N) is 1. The van der Waals surface area contributed by atoms with Crippen molar-refractivity contribution in [3.05, 3.63) is 23.9 Å². The van der Waals surface area contributed by atoms with Crippen LogP contribution in [0.2, 0.25) is 0 Å². The highest BCUT2D eigenvalue weighted by Gasteiger charge is 2.25. The van der Waals surface area contributed by atoms with E-state index in [2.05, 4.69) is 10.3 Å². The van der Waals surface area contributed by atoms with Crippen LogP contribution >= 0.6 is 0 Å². The molecule has 0 aromatic carbocycles. The minimum Gasteiger partial charge on any atom is -0.450 e. The maximum Gasteiger partial charge on any atom is 0.409 e. The minimum absolute atomic E-state index is 0.0480. The Labute approximate surface area is 164 Å². The van der Waals surface area contributed by atoms with E-state index in [1.165, 1.54) is 0 Å². The van der Waals surface area contributed by atoms with Crippen molar-refractivity contribution in [3.63, 3.8) is 0 Å². The fourth-order valence-electron chi connectivity index (χ4n) is 3.49. The smallest absolute Gasteiger partial charge is 0.409 e. The molecule has 3 rings (SSSR count). The van der Waals surface area contributed by atoms with E-state index in [4.69, 9.17) is 4.74 Å². The highest BCUT2D eigenvalue weighted by molar-refractivity contribution is 5.95. The van der Waals surface area contributed by atoms with E-state index in [0.717, 1.165) is 19.3 Å². The van der Waals surface area contributed by atoms with Gasteiger partial charge in [0.05, 0.1) is 6.61 Å². The molecule has 2 fully saturated rings. The first-order valence-electron chi connectivity index (χ1n) is 9.73. The number of piperazine rings is 1. The van der Waals surface area contributed by atoms with Gasteiger partial charge in [0, 0.05) is 57.1 Å². The van der Waals surface area contributed by atoms with Crippen molar-refractivity contribution in [2.24, 2.45) is 0 Å². The van der Waals surface area contributed by atoms with Gasteiger partial charge in [-0.3, -0.25) is 9.59 Å². The molecule has 2 aliphatic rings. The third-order valence-corrected chi connectivity index (χ3v) is 5.13. The first-order chi connectivity index (χ1) is 13.6. The lowest BCUT2D eigenvalue weighted by Crippen LogP contribution is -2.48. The molecule has 2 aliphatic heterocycles. The standard InChI is InChI=1S/C19H27N5O4/c1-2-28-19(27)24-7-4-16(5-8-24)21-17-13-15(3-6-20-17)18(26)23-11-9-22(14-25)10-12-23/h3,6,13-14,16H,2,4-5,7-12H2,1H3,(H,20,21). The lowest BCUT2D eigenvalue weighted by Gasteiger charge is -2.33. The van der Waals surface area contributed by atoms with Crippen LogP contribution in [0.4, 0.5) is 10.6 Å². The number of rotatable bonds is 5. The Morgan fingerprint density at radius 3 is 2.54 bits per heavy atom. The largest absolute Gasteiger partial charge is 0.450 e. The summed E-state index contributed by atoms with van der Waals surface area (Å²) < 4.78 is 5.04. The molecule has 1 N–H and O–H groups in total. The lowest BCUT2D eigenvalue weighted by molar-refractivity contribution is -0.119. The van der Waals surface area contributed by atoms with Crippen LogP contribution < -0.4 is 5.32 Å². The number of hydrogen-bond acceptors (Lipinski definition) is 6. The molecule has 28 heavy (non-hydrogen) atoms. The van der Waals surface area contributed by atoms with E-state index in [1.54, 1.807) is 40.0 Å². The van der Waals surface area contributed by atoms with Gasteiger partial charge in [-0.15, -0.1) is 0 Å².